The van der Waals surface area contributed by atoms with Crippen LogP contribution in [0.25, 0.3) is 5.65 Å². The summed E-state index contributed by atoms with van der Waals surface area (Å²) in [5.74, 6) is -0.193. The Balaban J connectivity index is 2.03. The Bertz CT molecular complexity index is 977. The molecule has 0 bridgehead atoms. The Kier molecular flexibility index (Phi) is 5.19. The summed E-state index contributed by atoms with van der Waals surface area (Å²) in [7, 11) is 3.36. The van der Waals surface area contributed by atoms with Gasteiger partial charge in [0.15, 0.2) is 11.4 Å². The van der Waals surface area contributed by atoms with Crippen LogP contribution in [0.2, 0.25) is 0 Å². The average Bonchev–Trinajstić information content (AvgIpc) is 2.95. The Morgan fingerprint density at radius 2 is 1.89 bits per heavy atom. The van der Waals surface area contributed by atoms with Gasteiger partial charge in [0.1, 0.15) is 0 Å². The molecule has 0 aliphatic rings. The number of benzene rings is 1. The summed E-state index contributed by atoms with van der Waals surface area (Å²) in [5.41, 5.74) is 3.86. The van der Waals surface area contributed by atoms with Crippen molar-refractivity contribution in [3.8, 4) is 5.75 Å². The van der Waals surface area contributed by atoms with E-state index in [1.54, 1.807) is 24.7 Å². The van der Waals surface area contributed by atoms with Gasteiger partial charge in [-0.3, -0.25) is 4.79 Å². The third-order valence-corrected chi connectivity index (χ3v) is 4.96. The van der Waals surface area contributed by atoms with Gasteiger partial charge in [-0.05, 0) is 32.3 Å². The van der Waals surface area contributed by atoms with Gasteiger partial charge in [-0.2, -0.15) is 0 Å². The summed E-state index contributed by atoms with van der Waals surface area (Å²) in [5, 5.41) is 21.3. The van der Waals surface area contributed by atoms with Gasteiger partial charge < -0.3 is 19.5 Å². The SMILES string of the molecule is Cc1nc2c(O)c(CCC(O)c3ccccc3)c(C(=O)N(C)C)cn2c1C. The molecule has 0 saturated heterocycles. The molecule has 1 unspecified atom stereocenters. The van der Waals surface area contributed by atoms with Crippen LogP contribution in [0.15, 0.2) is 36.5 Å². The molecule has 2 heterocycles. The maximum Gasteiger partial charge on any atom is 0.255 e. The second-order valence-electron chi connectivity index (χ2n) is 7.01. The van der Waals surface area contributed by atoms with Crippen molar-refractivity contribution in [1.29, 1.82) is 0 Å². The molecule has 0 aliphatic heterocycles. The maximum absolute atomic E-state index is 12.7. The predicted octanol–water partition coefficient (Wildman–Crippen LogP) is 3.02. The largest absolute Gasteiger partial charge is 0.504 e. The first-order valence-corrected chi connectivity index (χ1v) is 8.96. The number of aromatic nitrogens is 2. The number of rotatable bonds is 5. The zero-order valence-electron chi connectivity index (χ0n) is 16.1. The summed E-state index contributed by atoms with van der Waals surface area (Å²) in [6.45, 7) is 3.77. The van der Waals surface area contributed by atoms with Crippen molar-refractivity contribution in [3.05, 3.63) is 64.6 Å². The molecule has 27 heavy (non-hydrogen) atoms. The summed E-state index contributed by atoms with van der Waals surface area (Å²) >= 11 is 0. The van der Waals surface area contributed by atoms with E-state index in [0.717, 1.165) is 17.0 Å². The topological polar surface area (TPSA) is 78.1 Å². The van der Waals surface area contributed by atoms with Crippen molar-refractivity contribution >= 4 is 11.6 Å². The van der Waals surface area contributed by atoms with Crippen LogP contribution < -0.4 is 0 Å². The van der Waals surface area contributed by atoms with Crippen molar-refractivity contribution < 1.29 is 15.0 Å². The summed E-state index contributed by atoms with van der Waals surface area (Å²) in [6.07, 6.45) is 1.81. The molecule has 2 aromatic heterocycles. The van der Waals surface area contributed by atoms with Gasteiger partial charge in [0.2, 0.25) is 0 Å². The fourth-order valence-corrected chi connectivity index (χ4v) is 3.22. The maximum atomic E-state index is 12.7. The highest BCUT2D eigenvalue weighted by atomic mass is 16.3. The Morgan fingerprint density at radius 3 is 2.52 bits per heavy atom. The molecule has 1 atom stereocenters. The fourth-order valence-electron chi connectivity index (χ4n) is 3.22. The van der Waals surface area contributed by atoms with Crippen molar-refractivity contribution in [1.82, 2.24) is 14.3 Å². The van der Waals surface area contributed by atoms with Gasteiger partial charge in [0.05, 0.1) is 17.4 Å². The number of aromatic hydroxyl groups is 1. The number of fused-ring (bicyclic) bond motifs is 1. The number of hydrogen-bond donors (Lipinski definition) is 2. The molecule has 0 fully saturated rings. The minimum Gasteiger partial charge on any atom is -0.504 e. The third-order valence-electron chi connectivity index (χ3n) is 4.96. The van der Waals surface area contributed by atoms with Gasteiger partial charge >= 0.3 is 0 Å². The smallest absolute Gasteiger partial charge is 0.255 e. The molecule has 142 valence electrons. The number of amides is 1. The molecule has 3 rings (SSSR count). The highest BCUT2D eigenvalue weighted by Gasteiger charge is 2.23. The van der Waals surface area contributed by atoms with E-state index in [-0.39, 0.29) is 11.7 Å². The highest BCUT2D eigenvalue weighted by Crippen LogP contribution is 2.31. The lowest BCUT2D eigenvalue weighted by molar-refractivity contribution is 0.0824. The van der Waals surface area contributed by atoms with E-state index in [9.17, 15) is 15.0 Å². The van der Waals surface area contributed by atoms with Crippen molar-refractivity contribution in [2.45, 2.75) is 32.8 Å². The third kappa shape index (κ3) is 3.53. The summed E-state index contributed by atoms with van der Waals surface area (Å²) < 4.78 is 1.75. The fraction of sp³-hybridized carbons (Fsp3) is 0.333. The number of imidazole rings is 1. The molecule has 0 aliphatic carbocycles. The zero-order chi connectivity index (χ0) is 19.7. The van der Waals surface area contributed by atoms with E-state index in [0.29, 0.717) is 29.6 Å². The number of aliphatic hydroxyl groups excluding tert-OH is 1. The summed E-state index contributed by atoms with van der Waals surface area (Å²) in [6, 6.07) is 9.37. The number of aryl methyl sites for hydroxylation is 2. The van der Waals surface area contributed by atoms with Crippen LogP contribution in [0.5, 0.6) is 5.75 Å². The van der Waals surface area contributed by atoms with E-state index in [2.05, 4.69) is 4.98 Å². The molecule has 3 aromatic rings. The predicted molar refractivity (Wildman–Crippen MR) is 104 cm³/mol. The Hall–Kier alpha value is -2.86. The lowest BCUT2D eigenvalue weighted by Gasteiger charge is -2.18. The monoisotopic (exact) mass is 367 g/mol. The van der Waals surface area contributed by atoms with Crippen LogP contribution in [-0.4, -0.2) is 44.5 Å². The number of hydrogen-bond acceptors (Lipinski definition) is 4. The first-order chi connectivity index (χ1) is 12.8. The lowest BCUT2D eigenvalue weighted by Crippen LogP contribution is -2.24. The number of pyridine rings is 1. The van der Waals surface area contributed by atoms with Crippen molar-refractivity contribution in [2.24, 2.45) is 0 Å². The van der Waals surface area contributed by atoms with Crippen molar-refractivity contribution in [3.63, 3.8) is 0 Å². The van der Waals surface area contributed by atoms with Crippen LogP contribution in [-0.2, 0) is 6.42 Å². The van der Waals surface area contributed by atoms with Crippen molar-refractivity contribution in [2.75, 3.05) is 14.1 Å². The van der Waals surface area contributed by atoms with E-state index in [1.165, 1.54) is 4.90 Å². The van der Waals surface area contributed by atoms with Crippen LogP contribution in [0.3, 0.4) is 0 Å². The molecule has 2 N–H and O–H groups in total. The normalized spacial score (nSPS) is 12.3. The van der Waals surface area contributed by atoms with Gasteiger partial charge in [-0.25, -0.2) is 4.98 Å². The molecule has 6 nitrogen and oxygen atoms in total. The molecule has 0 spiro atoms. The first kappa shape index (κ1) is 18.9. The molecule has 0 radical (unpaired) electrons. The minimum atomic E-state index is -0.674. The van der Waals surface area contributed by atoms with Crippen LogP contribution in [0.1, 0.15) is 45.4 Å². The number of carbonyl (C=O) groups excluding carboxylic acids is 1. The molecule has 0 saturated carbocycles. The molecular formula is C21H25N3O3. The van der Waals surface area contributed by atoms with E-state index in [1.807, 2.05) is 44.2 Å². The molecule has 6 heteroatoms. The number of aliphatic hydroxyl groups is 1. The molecular weight excluding hydrogens is 342 g/mol. The Labute approximate surface area is 158 Å². The average molecular weight is 367 g/mol. The van der Waals surface area contributed by atoms with Gasteiger partial charge in [0.25, 0.3) is 5.91 Å². The molecule has 1 aromatic carbocycles. The minimum absolute atomic E-state index is 0.000776. The van der Waals surface area contributed by atoms with Gasteiger partial charge in [-0.15, -0.1) is 0 Å². The Morgan fingerprint density at radius 1 is 1.22 bits per heavy atom. The van der Waals surface area contributed by atoms with E-state index in [4.69, 9.17) is 0 Å². The van der Waals surface area contributed by atoms with Gasteiger partial charge in [-0.1, -0.05) is 30.3 Å². The second-order valence-corrected chi connectivity index (χ2v) is 7.01. The van der Waals surface area contributed by atoms with E-state index < -0.39 is 6.10 Å². The standard InChI is InChI=1S/C21H25N3O3/c1-13-14(2)24-12-17(21(27)23(3)4)16(19(26)20(24)22-13)10-11-18(25)15-8-6-5-7-9-15/h5-9,12,18,25-26H,10-11H2,1-4H3. The van der Waals surface area contributed by atoms with Crippen LogP contribution in [0.4, 0.5) is 0 Å². The van der Waals surface area contributed by atoms with Crippen LogP contribution >= 0.6 is 0 Å². The van der Waals surface area contributed by atoms with E-state index >= 15 is 0 Å². The zero-order valence-corrected chi connectivity index (χ0v) is 16.1. The van der Waals surface area contributed by atoms with Crippen LogP contribution in [0, 0.1) is 13.8 Å². The second kappa shape index (κ2) is 7.40. The number of carbonyl (C=O) groups is 1. The van der Waals surface area contributed by atoms with Gasteiger partial charge in [0, 0.05) is 31.5 Å². The number of nitrogens with zero attached hydrogens (tertiary/aromatic N) is 3. The summed E-state index contributed by atoms with van der Waals surface area (Å²) in [4.78, 5) is 18.6. The first-order valence-electron chi connectivity index (χ1n) is 8.96. The molecule has 1 amide bonds. The highest BCUT2D eigenvalue weighted by molar-refractivity contribution is 5.96. The quantitative estimate of drug-likeness (QED) is 0.727. The lowest BCUT2D eigenvalue weighted by atomic mass is 9.98.